The van der Waals surface area contributed by atoms with Crippen LogP contribution in [0.1, 0.15) is 15.9 Å². The Kier molecular flexibility index (Phi) is 5.11. The summed E-state index contributed by atoms with van der Waals surface area (Å²) in [6.45, 7) is 0. The molecule has 1 amide bonds. The van der Waals surface area contributed by atoms with E-state index in [1.807, 2.05) is 24.3 Å². The standard InChI is InChI=1S/C15H13IN2O2/c1-20-14-7-3-5-12(9-14)15(19)18-17-10-11-4-2-6-13(16)8-11/h2-10H,1H3,(H,18,19)/b17-10-. The highest BCUT2D eigenvalue weighted by Crippen LogP contribution is 2.12. The van der Waals surface area contributed by atoms with Crippen LogP contribution in [0.2, 0.25) is 0 Å². The SMILES string of the molecule is COc1cccc(C(=O)N/N=C\c2cccc(I)c2)c1. The minimum Gasteiger partial charge on any atom is -0.497 e. The van der Waals surface area contributed by atoms with E-state index in [1.165, 1.54) is 0 Å². The summed E-state index contributed by atoms with van der Waals surface area (Å²) in [5, 5.41) is 3.95. The number of carbonyl (C=O) groups is 1. The minimum atomic E-state index is -0.272. The number of nitrogens with one attached hydrogen (secondary N) is 1. The Balaban J connectivity index is 2.01. The molecule has 102 valence electrons. The molecule has 0 aliphatic heterocycles. The van der Waals surface area contributed by atoms with Gasteiger partial charge in [-0.2, -0.15) is 5.10 Å². The maximum absolute atomic E-state index is 11.9. The second kappa shape index (κ2) is 7.04. The maximum Gasteiger partial charge on any atom is 0.271 e. The number of hydrogen-bond acceptors (Lipinski definition) is 3. The Bertz CT molecular complexity index is 641. The maximum atomic E-state index is 11.9. The summed E-state index contributed by atoms with van der Waals surface area (Å²) in [5.41, 5.74) is 3.93. The highest BCUT2D eigenvalue weighted by Gasteiger charge is 2.04. The predicted molar refractivity (Wildman–Crippen MR) is 87.2 cm³/mol. The number of nitrogens with zero attached hydrogens (tertiary/aromatic N) is 1. The molecule has 0 bridgehead atoms. The van der Waals surface area contributed by atoms with E-state index in [1.54, 1.807) is 37.6 Å². The van der Waals surface area contributed by atoms with Crippen LogP contribution in [0, 0.1) is 3.57 Å². The van der Waals surface area contributed by atoms with Crippen LogP contribution >= 0.6 is 22.6 Å². The van der Waals surface area contributed by atoms with Gasteiger partial charge >= 0.3 is 0 Å². The zero-order chi connectivity index (χ0) is 14.4. The highest BCUT2D eigenvalue weighted by molar-refractivity contribution is 14.1. The van der Waals surface area contributed by atoms with Crippen LogP contribution in [0.4, 0.5) is 0 Å². The molecule has 4 nitrogen and oxygen atoms in total. The van der Waals surface area contributed by atoms with Crippen molar-refractivity contribution in [3.8, 4) is 5.75 Å². The summed E-state index contributed by atoms with van der Waals surface area (Å²) in [6.07, 6.45) is 1.61. The third-order valence-electron chi connectivity index (χ3n) is 2.56. The first-order chi connectivity index (χ1) is 9.69. The molecule has 0 radical (unpaired) electrons. The molecular weight excluding hydrogens is 367 g/mol. The molecule has 0 unspecified atom stereocenters. The van der Waals surface area contributed by atoms with Crippen molar-refractivity contribution < 1.29 is 9.53 Å². The van der Waals surface area contributed by atoms with Crippen LogP contribution in [-0.2, 0) is 0 Å². The molecule has 5 heteroatoms. The van der Waals surface area contributed by atoms with Crippen molar-refractivity contribution in [2.24, 2.45) is 5.10 Å². The van der Waals surface area contributed by atoms with E-state index in [4.69, 9.17) is 4.74 Å². The number of amides is 1. The lowest BCUT2D eigenvalue weighted by Gasteiger charge is -2.03. The van der Waals surface area contributed by atoms with Crippen LogP contribution < -0.4 is 10.2 Å². The molecule has 20 heavy (non-hydrogen) atoms. The van der Waals surface area contributed by atoms with E-state index in [9.17, 15) is 4.79 Å². The van der Waals surface area contributed by atoms with Gasteiger partial charge in [-0.25, -0.2) is 5.43 Å². The van der Waals surface area contributed by atoms with Gasteiger partial charge < -0.3 is 4.74 Å². The molecule has 2 rings (SSSR count). The first-order valence-electron chi connectivity index (χ1n) is 5.92. The summed E-state index contributed by atoms with van der Waals surface area (Å²) in [7, 11) is 1.56. The van der Waals surface area contributed by atoms with Gasteiger partial charge in [-0.05, 0) is 58.5 Å². The molecule has 0 saturated carbocycles. The van der Waals surface area contributed by atoms with Crippen molar-refractivity contribution >= 4 is 34.7 Å². The molecule has 0 spiro atoms. The molecule has 0 saturated heterocycles. The van der Waals surface area contributed by atoms with Gasteiger partial charge in [0.1, 0.15) is 5.75 Å². The predicted octanol–water partition coefficient (Wildman–Crippen LogP) is 3.06. The first kappa shape index (κ1) is 14.5. The fourth-order valence-electron chi connectivity index (χ4n) is 1.58. The molecule has 0 aliphatic rings. The van der Waals surface area contributed by atoms with Gasteiger partial charge in [-0.1, -0.05) is 18.2 Å². The summed E-state index contributed by atoms with van der Waals surface area (Å²) in [4.78, 5) is 11.9. The molecule has 2 aromatic rings. The van der Waals surface area contributed by atoms with E-state index in [0.717, 1.165) is 9.13 Å². The van der Waals surface area contributed by atoms with E-state index in [-0.39, 0.29) is 5.91 Å². The van der Waals surface area contributed by atoms with Gasteiger partial charge in [-0.3, -0.25) is 4.79 Å². The monoisotopic (exact) mass is 380 g/mol. The normalized spacial score (nSPS) is 10.5. The van der Waals surface area contributed by atoms with Gasteiger partial charge in [0.2, 0.25) is 0 Å². The number of hydrogen-bond donors (Lipinski definition) is 1. The second-order valence-corrected chi connectivity index (χ2v) is 5.23. The van der Waals surface area contributed by atoms with E-state index in [0.29, 0.717) is 11.3 Å². The molecule has 0 atom stereocenters. The molecule has 0 aliphatic carbocycles. The van der Waals surface area contributed by atoms with Crippen molar-refractivity contribution in [1.82, 2.24) is 5.43 Å². The largest absolute Gasteiger partial charge is 0.497 e. The van der Waals surface area contributed by atoms with Crippen LogP contribution in [0.3, 0.4) is 0 Å². The zero-order valence-electron chi connectivity index (χ0n) is 10.8. The summed E-state index contributed by atoms with van der Waals surface area (Å²) >= 11 is 2.22. The second-order valence-electron chi connectivity index (χ2n) is 3.99. The molecule has 0 heterocycles. The van der Waals surface area contributed by atoms with Crippen molar-refractivity contribution in [3.05, 3.63) is 63.2 Å². The lowest BCUT2D eigenvalue weighted by molar-refractivity contribution is 0.0955. The van der Waals surface area contributed by atoms with Crippen molar-refractivity contribution in [3.63, 3.8) is 0 Å². The van der Waals surface area contributed by atoms with Crippen molar-refractivity contribution in [1.29, 1.82) is 0 Å². The molecule has 0 aromatic heterocycles. The lowest BCUT2D eigenvalue weighted by atomic mass is 10.2. The molecular formula is C15H13IN2O2. The van der Waals surface area contributed by atoms with E-state index >= 15 is 0 Å². The molecule has 2 aromatic carbocycles. The summed E-state index contributed by atoms with van der Waals surface area (Å²) < 4.78 is 6.19. The minimum absolute atomic E-state index is 0.272. The Morgan fingerprint density at radius 1 is 1.25 bits per heavy atom. The fraction of sp³-hybridized carbons (Fsp3) is 0.0667. The number of benzene rings is 2. The van der Waals surface area contributed by atoms with Gasteiger partial charge in [0.25, 0.3) is 5.91 Å². The van der Waals surface area contributed by atoms with E-state index in [2.05, 4.69) is 33.1 Å². The summed E-state index contributed by atoms with van der Waals surface area (Å²) in [5.74, 6) is 0.366. The first-order valence-corrected chi connectivity index (χ1v) is 7.00. The smallest absolute Gasteiger partial charge is 0.271 e. The number of halogens is 1. The number of methoxy groups -OCH3 is 1. The third-order valence-corrected chi connectivity index (χ3v) is 3.23. The average Bonchev–Trinajstić information content (AvgIpc) is 2.47. The van der Waals surface area contributed by atoms with Gasteiger partial charge in [0, 0.05) is 9.13 Å². The van der Waals surface area contributed by atoms with Gasteiger partial charge in [0.15, 0.2) is 0 Å². The topological polar surface area (TPSA) is 50.7 Å². The Morgan fingerprint density at radius 3 is 2.80 bits per heavy atom. The Labute approximate surface area is 131 Å². The number of rotatable bonds is 4. The van der Waals surface area contributed by atoms with Crippen LogP contribution in [0.5, 0.6) is 5.75 Å². The van der Waals surface area contributed by atoms with E-state index < -0.39 is 0 Å². The Morgan fingerprint density at radius 2 is 2.05 bits per heavy atom. The lowest BCUT2D eigenvalue weighted by Crippen LogP contribution is -2.17. The summed E-state index contributed by atoms with van der Waals surface area (Å²) in [6, 6.07) is 14.7. The van der Waals surface area contributed by atoms with Gasteiger partial charge in [-0.15, -0.1) is 0 Å². The fourth-order valence-corrected chi connectivity index (χ4v) is 2.15. The van der Waals surface area contributed by atoms with Crippen molar-refractivity contribution in [2.75, 3.05) is 7.11 Å². The molecule has 1 N–H and O–H groups in total. The third kappa shape index (κ3) is 4.06. The van der Waals surface area contributed by atoms with Gasteiger partial charge in [0.05, 0.1) is 13.3 Å². The van der Waals surface area contributed by atoms with Crippen molar-refractivity contribution in [2.45, 2.75) is 0 Å². The Hall–Kier alpha value is -1.89. The zero-order valence-corrected chi connectivity index (χ0v) is 13.0. The molecule has 0 fully saturated rings. The van der Waals surface area contributed by atoms with Crippen LogP contribution in [0.25, 0.3) is 0 Å². The number of hydrazone groups is 1. The van der Waals surface area contributed by atoms with Crippen LogP contribution in [0.15, 0.2) is 53.6 Å². The quantitative estimate of drug-likeness (QED) is 0.504. The number of carbonyl (C=O) groups excluding carboxylic acids is 1. The van der Waals surface area contributed by atoms with Crippen LogP contribution in [-0.4, -0.2) is 19.2 Å². The highest BCUT2D eigenvalue weighted by atomic mass is 127. The number of ether oxygens (including phenoxy) is 1. The average molecular weight is 380 g/mol.